The van der Waals surface area contributed by atoms with E-state index in [1.165, 1.54) is 0 Å². The van der Waals surface area contributed by atoms with E-state index in [4.69, 9.17) is 16.3 Å². The summed E-state index contributed by atoms with van der Waals surface area (Å²) in [6.07, 6.45) is 3.57. The third-order valence-electron chi connectivity index (χ3n) is 4.41. The summed E-state index contributed by atoms with van der Waals surface area (Å²) in [5, 5.41) is 3.58. The number of imidazole rings is 1. The monoisotopic (exact) mass is 370 g/mol. The van der Waals surface area contributed by atoms with E-state index in [2.05, 4.69) is 10.3 Å². The van der Waals surface area contributed by atoms with Crippen molar-refractivity contribution >= 4 is 23.3 Å². The Bertz CT molecular complexity index is 912. The standard InChI is InChI=1S/C19H19ClN4O2/c20-15-6-7-18-22-16(12-24(18)11-15)10-21-19(25)23-8-9-26-17(13-23)14-4-2-1-3-5-14/h1-7,11-12,17H,8-10,13H2,(H,21,25). The molecule has 3 aromatic rings. The molecular formula is C19H19ClN4O2. The second kappa shape index (κ2) is 7.35. The third kappa shape index (κ3) is 3.66. The number of nitrogens with zero attached hydrogens (tertiary/aromatic N) is 3. The fourth-order valence-electron chi connectivity index (χ4n) is 3.08. The molecule has 3 heterocycles. The highest BCUT2D eigenvalue weighted by Gasteiger charge is 2.25. The minimum absolute atomic E-state index is 0.0898. The van der Waals surface area contributed by atoms with Gasteiger partial charge >= 0.3 is 6.03 Å². The highest BCUT2D eigenvalue weighted by molar-refractivity contribution is 6.30. The lowest BCUT2D eigenvalue weighted by Crippen LogP contribution is -2.47. The summed E-state index contributed by atoms with van der Waals surface area (Å²) in [5.74, 6) is 0. The van der Waals surface area contributed by atoms with Crippen molar-refractivity contribution < 1.29 is 9.53 Å². The van der Waals surface area contributed by atoms with Crippen LogP contribution in [-0.2, 0) is 11.3 Å². The molecule has 1 unspecified atom stereocenters. The van der Waals surface area contributed by atoms with E-state index in [1.807, 2.05) is 47.0 Å². The van der Waals surface area contributed by atoms with Crippen LogP contribution in [0.3, 0.4) is 0 Å². The van der Waals surface area contributed by atoms with Crippen LogP contribution in [0, 0.1) is 0 Å². The van der Waals surface area contributed by atoms with Crippen LogP contribution in [0.15, 0.2) is 54.9 Å². The number of halogens is 1. The van der Waals surface area contributed by atoms with Crippen LogP contribution in [0.5, 0.6) is 0 Å². The molecule has 4 rings (SSSR count). The van der Waals surface area contributed by atoms with Gasteiger partial charge in [-0.1, -0.05) is 41.9 Å². The van der Waals surface area contributed by atoms with E-state index >= 15 is 0 Å². The number of carbonyl (C=O) groups is 1. The largest absolute Gasteiger partial charge is 0.370 e. The molecule has 1 fully saturated rings. The number of hydrogen-bond donors (Lipinski definition) is 1. The fraction of sp³-hybridized carbons (Fsp3) is 0.263. The number of aromatic nitrogens is 2. The summed E-state index contributed by atoms with van der Waals surface area (Å²) in [4.78, 5) is 18.8. The zero-order valence-corrected chi connectivity index (χ0v) is 14.9. The molecule has 1 saturated heterocycles. The van der Waals surface area contributed by atoms with Crippen molar-refractivity contribution in [3.8, 4) is 0 Å². The van der Waals surface area contributed by atoms with Crippen molar-refractivity contribution in [2.75, 3.05) is 19.7 Å². The molecular weight excluding hydrogens is 352 g/mol. The zero-order valence-electron chi connectivity index (χ0n) is 14.1. The molecule has 1 N–H and O–H groups in total. The second-order valence-corrected chi connectivity index (χ2v) is 6.66. The molecule has 134 valence electrons. The number of amides is 2. The topological polar surface area (TPSA) is 58.9 Å². The predicted octanol–water partition coefficient (Wildman–Crippen LogP) is 3.27. The Labute approximate surface area is 156 Å². The van der Waals surface area contributed by atoms with Gasteiger partial charge in [-0.25, -0.2) is 9.78 Å². The maximum Gasteiger partial charge on any atom is 0.317 e. The van der Waals surface area contributed by atoms with E-state index in [9.17, 15) is 4.79 Å². The van der Waals surface area contributed by atoms with E-state index in [0.29, 0.717) is 31.3 Å². The van der Waals surface area contributed by atoms with Crippen LogP contribution in [0.4, 0.5) is 4.79 Å². The molecule has 2 aromatic heterocycles. The molecule has 0 saturated carbocycles. The molecule has 1 aliphatic heterocycles. The van der Waals surface area contributed by atoms with Crippen molar-refractivity contribution in [1.29, 1.82) is 0 Å². The molecule has 1 atom stereocenters. The number of carbonyl (C=O) groups excluding carboxylic acids is 1. The van der Waals surface area contributed by atoms with Crippen molar-refractivity contribution in [2.24, 2.45) is 0 Å². The fourth-order valence-corrected chi connectivity index (χ4v) is 3.25. The first kappa shape index (κ1) is 16.9. The molecule has 0 bridgehead atoms. The Morgan fingerprint density at radius 2 is 2.08 bits per heavy atom. The number of morpholine rings is 1. The average Bonchev–Trinajstić information content (AvgIpc) is 3.09. The van der Waals surface area contributed by atoms with Gasteiger partial charge in [0.15, 0.2) is 0 Å². The van der Waals surface area contributed by atoms with E-state index in [1.54, 1.807) is 17.2 Å². The van der Waals surface area contributed by atoms with Crippen LogP contribution in [0.1, 0.15) is 17.4 Å². The Hall–Kier alpha value is -2.57. The highest BCUT2D eigenvalue weighted by atomic mass is 35.5. The van der Waals surface area contributed by atoms with Gasteiger partial charge in [-0.2, -0.15) is 0 Å². The minimum Gasteiger partial charge on any atom is -0.370 e. The minimum atomic E-state index is -0.107. The first-order valence-corrected chi connectivity index (χ1v) is 8.89. The third-order valence-corrected chi connectivity index (χ3v) is 4.63. The zero-order chi connectivity index (χ0) is 17.9. The number of fused-ring (bicyclic) bond motifs is 1. The van der Waals surface area contributed by atoms with Crippen molar-refractivity contribution in [3.05, 3.63) is 71.1 Å². The Morgan fingerprint density at radius 3 is 2.92 bits per heavy atom. The highest BCUT2D eigenvalue weighted by Crippen LogP contribution is 2.22. The van der Waals surface area contributed by atoms with Gasteiger partial charge in [-0.15, -0.1) is 0 Å². The first-order valence-electron chi connectivity index (χ1n) is 8.51. The van der Waals surface area contributed by atoms with Crippen LogP contribution in [-0.4, -0.2) is 40.0 Å². The van der Waals surface area contributed by atoms with Gasteiger partial charge in [0.25, 0.3) is 0 Å². The maximum absolute atomic E-state index is 12.5. The van der Waals surface area contributed by atoms with E-state index in [-0.39, 0.29) is 12.1 Å². The van der Waals surface area contributed by atoms with Gasteiger partial charge in [0.1, 0.15) is 11.8 Å². The van der Waals surface area contributed by atoms with Crippen molar-refractivity contribution in [2.45, 2.75) is 12.6 Å². The van der Waals surface area contributed by atoms with Crippen LogP contribution < -0.4 is 5.32 Å². The molecule has 6 nitrogen and oxygen atoms in total. The smallest absolute Gasteiger partial charge is 0.317 e. The van der Waals surface area contributed by atoms with Gasteiger partial charge in [0.2, 0.25) is 0 Å². The number of hydrogen-bond acceptors (Lipinski definition) is 3. The van der Waals surface area contributed by atoms with Crippen LogP contribution >= 0.6 is 11.6 Å². The lowest BCUT2D eigenvalue weighted by atomic mass is 10.1. The Kier molecular flexibility index (Phi) is 4.77. The summed E-state index contributed by atoms with van der Waals surface area (Å²) in [7, 11) is 0. The van der Waals surface area contributed by atoms with Crippen LogP contribution in [0.25, 0.3) is 5.65 Å². The molecule has 1 aliphatic rings. The quantitative estimate of drug-likeness (QED) is 0.769. The summed E-state index contributed by atoms with van der Waals surface area (Å²) < 4.78 is 7.66. The molecule has 2 amide bonds. The first-order chi connectivity index (χ1) is 12.7. The SMILES string of the molecule is O=C(NCc1cn2cc(Cl)ccc2n1)N1CCOC(c2ccccc2)C1. The summed E-state index contributed by atoms with van der Waals surface area (Å²) in [5.41, 5.74) is 2.67. The average molecular weight is 371 g/mol. The molecule has 7 heteroatoms. The molecule has 1 aromatic carbocycles. The summed E-state index contributed by atoms with van der Waals surface area (Å²) in [6.45, 7) is 2.01. The Balaban J connectivity index is 1.38. The number of rotatable bonds is 3. The van der Waals surface area contributed by atoms with Gasteiger partial charge < -0.3 is 19.4 Å². The lowest BCUT2D eigenvalue weighted by molar-refractivity contribution is -0.0154. The number of nitrogens with one attached hydrogen (secondary N) is 1. The number of benzene rings is 1. The molecule has 0 radical (unpaired) electrons. The van der Waals surface area contributed by atoms with Crippen molar-refractivity contribution in [1.82, 2.24) is 19.6 Å². The Morgan fingerprint density at radius 1 is 1.23 bits per heavy atom. The maximum atomic E-state index is 12.5. The predicted molar refractivity (Wildman–Crippen MR) is 99.1 cm³/mol. The van der Waals surface area contributed by atoms with E-state index < -0.39 is 0 Å². The van der Waals surface area contributed by atoms with Crippen molar-refractivity contribution in [3.63, 3.8) is 0 Å². The van der Waals surface area contributed by atoms with Gasteiger partial charge in [-0.3, -0.25) is 0 Å². The molecule has 26 heavy (non-hydrogen) atoms. The number of urea groups is 1. The molecule has 0 aliphatic carbocycles. The normalized spacial score (nSPS) is 17.4. The second-order valence-electron chi connectivity index (χ2n) is 6.22. The summed E-state index contributed by atoms with van der Waals surface area (Å²) in [6, 6.07) is 13.5. The lowest BCUT2D eigenvalue weighted by Gasteiger charge is -2.33. The van der Waals surface area contributed by atoms with Gasteiger partial charge in [-0.05, 0) is 17.7 Å². The van der Waals surface area contributed by atoms with Gasteiger partial charge in [0, 0.05) is 18.9 Å². The van der Waals surface area contributed by atoms with Gasteiger partial charge in [0.05, 0.1) is 30.4 Å². The van der Waals surface area contributed by atoms with Crippen LogP contribution in [0.2, 0.25) is 5.02 Å². The summed E-state index contributed by atoms with van der Waals surface area (Å²) >= 11 is 5.98. The number of pyridine rings is 1. The van der Waals surface area contributed by atoms with E-state index in [0.717, 1.165) is 16.9 Å². The molecule has 0 spiro atoms. The number of ether oxygens (including phenoxy) is 1.